The molecule has 0 bridgehead atoms. The molecule has 35 heavy (non-hydrogen) atoms. The number of rotatable bonds is 10. The SMILES string of the molecule is COc1cnc(C(C)C(C)SNc2nnc(-c3ccn(C)n3)n2-c2c(OC)ncnc2OC)nc1. The van der Waals surface area contributed by atoms with Crippen molar-refractivity contribution in [2.24, 2.45) is 7.05 Å². The van der Waals surface area contributed by atoms with Gasteiger partial charge >= 0.3 is 0 Å². The van der Waals surface area contributed by atoms with Crippen LogP contribution in [0.4, 0.5) is 5.95 Å². The van der Waals surface area contributed by atoms with Crippen molar-refractivity contribution < 1.29 is 14.2 Å². The molecule has 4 heterocycles. The Labute approximate surface area is 206 Å². The summed E-state index contributed by atoms with van der Waals surface area (Å²) in [5, 5.41) is 13.3. The first kappa shape index (κ1) is 24.2. The van der Waals surface area contributed by atoms with Crippen LogP contribution in [-0.2, 0) is 7.05 Å². The van der Waals surface area contributed by atoms with Crippen molar-refractivity contribution in [1.82, 2.24) is 44.5 Å². The standard InChI is InChI=1S/C21H26N10O3S/c1-12(17-22-9-14(32-4)10-23-17)13(2)35-29-21-27-26-18(15-7-8-30(3)28-15)31(21)16-19(33-5)24-11-25-20(16)34-6/h7-13H,1-6H3,(H,27,29). The second-order valence-electron chi connectivity index (χ2n) is 7.49. The van der Waals surface area contributed by atoms with Crippen LogP contribution in [0.25, 0.3) is 17.2 Å². The van der Waals surface area contributed by atoms with Crippen molar-refractivity contribution in [3.05, 3.63) is 36.8 Å². The van der Waals surface area contributed by atoms with Gasteiger partial charge in [0.2, 0.25) is 17.7 Å². The van der Waals surface area contributed by atoms with Crippen molar-refractivity contribution in [2.45, 2.75) is 25.0 Å². The van der Waals surface area contributed by atoms with Crippen molar-refractivity contribution in [3.63, 3.8) is 0 Å². The van der Waals surface area contributed by atoms with Gasteiger partial charge in [0.1, 0.15) is 17.8 Å². The Morgan fingerprint density at radius 1 is 0.943 bits per heavy atom. The molecule has 4 aromatic heterocycles. The Hall–Kier alpha value is -3.94. The summed E-state index contributed by atoms with van der Waals surface area (Å²) in [6.07, 6.45) is 6.51. The maximum atomic E-state index is 5.51. The molecule has 0 saturated carbocycles. The molecule has 0 fully saturated rings. The van der Waals surface area contributed by atoms with Gasteiger partial charge in [0, 0.05) is 24.4 Å². The molecule has 0 saturated heterocycles. The van der Waals surface area contributed by atoms with Gasteiger partial charge in [-0.1, -0.05) is 13.8 Å². The van der Waals surface area contributed by atoms with E-state index in [0.717, 1.165) is 0 Å². The molecule has 2 atom stereocenters. The first-order chi connectivity index (χ1) is 17.0. The largest absolute Gasteiger partial charge is 0.494 e. The van der Waals surface area contributed by atoms with Crippen LogP contribution in [0.2, 0.25) is 0 Å². The first-order valence-corrected chi connectivity index (χ1v) is 11.5. The number of hydrogen-bond donors (Lipinski definition) is 1. The molecule has 13 nitrogen and oxygen atoms in total. The highest BCUT2D eigenvalue weighted by Gasteiger charge is 2.26. The van der Waals surface area contributed by atoms with Crippen molar-refractivity contribution in [2.75, 3.05) is 26.1 Å². The highest BCUT2D eigenvalue weighted by atomic mass is 32.2. The predicted molar refractivity (Wildman–Crippen MR) is 130 cm³/mol. The Balaban J connectivity index is 1.68. The molecular weight excluding hydrogens is 472 g/mol. The van der Waals surface area contributed by atoms with Gasteiger partial charge in [0.05, 0.1) is 33.7 Å². The van der Waals surface area contributed by atoms with Crippen LogP contribution >= 0.6 is 11.9 Å². The van der Waals surface area contributed by atoms with E-state index in [1.54, 1.807) is 28.8 Å². The summed E-state index contributed by atoms with van der Waals surface area (Å²) in [4.78, 5) is 17.3. The van der Waals surface area contributed by atoms with Crippen molar-refractivity contribution in [3.8, 4) is 34.7 Å². The summed E-state index contributed by atoms with van der Waals surface area (Å²) in [5.74, 6) is 2.86. The van der Waals surface area contributed by atoms with E-state index in [4.69, 9.17) is 14.2 Å². The third-order valence-electron chi connectivity index (χ3n) is 5.30. The minimum atomic E-state index is 0.0363. The molecule has 184 valence electrons. The van der Waals surface area contributed by atoms with Gasteiger partial charge in [0.25, 0.3) is 0 Å². The molecule has 0 radical (unpaired) electrons. The Morgan fingerprint density at radius 3 is 2.20 bits per heavy atom. The van der Waals surface area contributed by atoms with Gasteiger partial charge in [-0.15, -0.1) is 10.2 Å². The highest BCUT2D eigenvalue weighted by Crippen LogP contribution is 2.36. The van der Waals surface area contributed by atoms with Crippen LogP contribution in [0, 0.1) is 0 Å². The molecule has 0 aliphatic carbocycles. The second kappa shape index (κ2) is 10.5. The van der Waals surface area contributed by atoms with E-state index < -0.39 is 0 Å². The molecule has 0 aromatic carbocycles. The molecule has 0 aliphatic rings. The van der Waals surface area contributed by atoms with E-state index in [2.05, 4.69) is 53.8 Å². The minimum Gasteiger partial charge on any atom is -0.494 e. The summed E-state index contributed by atoms with van der Waals surface area (Å²) >= 11 is 1.46. The van der Waals surface area contributed by atoms with Gasteiger partial charge in [-0.25, -0.2) is 14.5 Å². The van der Waals surface area contributed by atoms with Crippen LogP contribution in [0.5, 0.6) is 17.5 Å². The fraction of sp³-hybridized carbons (Fsp3) is 0.381. The predicted octanol–water partition coefficient (Wildman–Crippen LogP) is 2.53. The van der Waals surface area contributed by atoms with Crippen LogP contribution in [-0.4, -0.2) is 71.1 Å². The summed E-state index contributed by atoms with van der Waals surface area (Å²) in [6.45, 7) is 4.13. The fourth-order valence-corrected chi connectivity index (χ4v) is 3.97. The summed E-state index contributed by atoms with van der Waals surface area (Å²) in [7, 11) is 6.46. The number of aryl methyl sites for hydroxylation is 1. The molecule has 1 N–H and O–H groups in total. The molecule has 4 aromatic rings. The molecule has 0 amide bonds. The van der Waals surface area contributed by atoms with Gasteiger partial charge < -0.3 is 14.2 Å². The average molecular weight is 499 g/mol. The first-order valence-electron chi connectivity index (χ1n) is 10.6. The smallest absolute Gasteiger partial charge is 0.245 e. The molecular formula is C21H26N10O3S. The van der Waals surface area contributed by atoms with E-state index in [1.807, 2.05) is 19.3 Å². The van der Waals surface area contributed by atoms with Crippen molar-refractivity contribution >= 4 is 17.9 Å². The lowest BCUT2D eigenvalue weighted by Crippen LogP contribution is -2.15. The second-order valence-corrected chi connectivity index (χ2v) is 8.68. The van der Waals surface area contributed by atoms with E-state index in [1.165, 1.54) is 32.5 Å². The zero-order valence-electron chi connectivity index (χ0n) is 20.2. The van der Waals surface area contributed by atoms with Crippen LogP contribution in [0.1, 0.15) is 25.6 Å². The number of anilines is 1. The lowest BCUT2D eigenvalue weighted by Gasteiger charge is -2.19. The lowest BCUT2D eigenvalue weighted by molar-refractivity contribution is 0.368. The third-order valence-corrected chi connectivity index (χ3v) is 6.38. The van der Waals surface area contributed by atoms with Crippen LogP contribution < -0.4 is 18.9 Å². The lowest BCUT2D eigenvalue weighted by atomic mass is 10.1. The van der Waals surface area contributed by atoms with E-state index in [-0.39, 0.29) is 11.2 Å². The van der Waals surface area contributed by atoms with E-state index >= 15 is 0 Å². The normalized spacial score (nSPS) is 12.7. The Bertz CT molecular complexity index is 1250. The summed E-state index contributed by atoms with van der Waals surface area (Å²) in [5.41, 5.74) is 1.06. The van der Waals surface area contributed by atoms with E-state index in [0.29, 0.717) is 46.5 Å². The topological polar surface area (TPSA) is 140 Å². The van der Waals surface area contributed by atoms with Crippen LogP contribution in [0.15, 0.2) is 31.0 Å². The zero-order valence-corrected chi connectivity index (χ0v) is 21.0. The molecule has 0 spiro atoms. The zero-order chi connectivity index (χ0) is 24.9. The van der Waals surface area contributed by atoms with Crippen LogP contribution in [0.3, 0.4) is 0 Å². The number of ether oxygens (including phenoxy) is 3. The number of aromatic nitrogens is 9. The molecule has 0 aliphatic heterocycles. The Morgan fingerprint density at radius 2 is 1.63 bits per heavy atom. The van der Waals surface area contributed by atoms with Gasteiger partial charge in [-0.05, 0) is 18.0 Å². The molecule has 2 unspecified atom stereocenters. The number of methoxy groups -OCH3 is 3. The Kier molecular flexibility index (Phi) is 7.29. The summed E-state index contributed by atoms with van der Waals surface area (Å²) in [6, 6.07) is 1.84. The van der Waals surface area contributed by atoms with Gasteiger partial charge in [-0.3, -0.25) is 9.40 Å². The monoisotopic (exact) mass is 498 g/mol. The summed E-state index contributed by atoms with van der Waals surface area (Å²) < 4.78 is 22.9. The fourth-order valence-electron chi connectivity index (χ4n) is 3.22. The van der Waals surface area contributed by atoms with E-state index in [9.17, 15) is 0 Å². The van der Waals surface area contributed by atoms with Crippen molar-refractivity contribution in [1.29, 1.82) is 0 Å². The maximum Gasteiger partial charge on any atom is 0.245 e. The number of nitrogens with zero attached hydrogens (tertiary/aromatic N) is 9. The average Bonchev–Trinajstić information content (AvgIpc) is 3.51. The number of hydrogen-bond acceptors (Lipinski definition) is 12. The third kappa shape index (κ3) is 4.96. The minimum absolute atomic E-state index is 0.0363. The number of nitrogens with one attached hydrogen (secondary N) is 1. The molecule has 4 rings (SSSR count). The maximum absolute atomic E-state index is 5.51. The quantitative estimate of drug-likeness (QED) is 0.321. The van der Waals surface area contributed by atoms with Gasteiger partial charge in [0.15, 0.2) is 17.3 Å². The highest BCUT2D eigenvalue weighted by molar-refractivity contribution is 8.01. The van der Waals surface area contributed by atoms with Gasteiger partial charge in [-0.2, -0.15) is 15.1 Å². The molecule has 14 heteroatoms.